The fourth-order valence-electron chi connectivity index (χ4n) is 3.12. The molecule has 0 spiro atoms. The van der Waals surface area contributed by atoms with Gasteiger partial charge in [0, 0.05) is 25.7 Å². The molecule has 24 heavy (non-hydrogen) atoms. The van der Waals surface area contributed by atoms with Crippen molar-refractivity contribution in [3.63, 3.8) is 0 Å². The Morgan fingerprint density at radius 1 is 1.04 bits per heavy atom. The molecular formula is C20H25N3O. The molecular weight excluding hydrogens is 298 g/mol. The lowest BCUT2D eigenvalue weighted by molar-refractivity contribution is -0.135. The normalized spacial score (nSPS) is 20.0. The van der Waals surface area contributed by atoms with E-state index >= 15 is 0 Å². The van der Waals surface area contributed by atoms with Crippen molar-refractivity contribution < 1.29 is 4.79 Å². The second kappa shape index (κ2) is 8.08. The maximum absolute atomic E-state index is 13.0. The van der Waals surface area contributed by atoms with E-state index in [4.69, 9.17) is 0 Å². The van der Waals surface area contributed by atoms with Crippen molar-refractivity contribution in [2.24, 2.45) is 5.92 Å². The predicted octanol–water partition coefficient (Wildman–Crippen LogP) is 2.37. The first-order chi connectivity index (χ1) is 11.7. The molecule has 0 radical (unpaired) electrons. The Morgan fingerprint density at radius 3 is 2.25 bits per heavy atom. The Balaban J connectivity index is 1.71. The van der Waals surface area contributed by atoms with Crippen molar-refractivity contribution in [1.82, 2.24) is 15.8 Å². The zero-order valence-electron chi connectivity index (χ0n) is 14.1. The quantitative estimate of drug-likeness (QED) is 0.858. The van der Waals surface area contributed by atoms with Gasteiger partial charge in [-0.1, -0.05) is 60.7 Å². The first-order valence-electron chi connectivity index (χ1n) is 8.59. The van der Waals surface area contributed by atoms with E-state index in [0.29, 0.717) is 13.1 Å². The molecule has 1 aliphatic heterocycles. The third kappa shape index (κ3) is 4.22. The molecule has 2 aromatic carbocycles. The number of hydrogen-bond donors (Lipinski definition) is 2. The van der Waals surface area contributed by atoms with E-state index in [1.807, 2.05) is 41.3 Å². The van der Waals surface area contributed by atoms with Crippen LogP contribution in [0.5, 0.6) is 0 Å². The van der Waals surface area contributed by atoms with E-state index in [2.05, 4.69) is 42.0 Å². The number of amides is 1. The SMILES string of the molecule is CC1NNCC1C(=O)N(CCc1ccccc1)Cc1ccccc1. The van der Waals surface area contributed by atoms with E-state index in [1.165, 1.54) is 11.1 Å². The molecule has 4 nitrogen and oxygen atoms in total. The summed E-state index contributed by atoms with van der Waals surface area (Å²) in [4.78, 5) is 15.0. The molecule has 1 fully saturated rings. The average Bonchev–Trinajstić information content (AvgIpc) is 3.06. The molecule has 126 valence electrons. The van der Waals surface area contributed by atoms with Gasteiger partial charge in [-0.2, -0.15) is 0 Å². The largest absolute Gasteiger partial charge is 0.338 e. The highest BCUT2D eigenvalue weighted by molar-refractivity contribution is 5.80. The lowest BCUT2D eigenvalue weighted by Gasteiger charge is -2.27. The lowest BCUT2D eigenvalue weighted by Crippen LogP contribution is -2.41. The van der Waals surface area contributed by atoms with Gasteiger partial charge < -0.3 is 4.90 Å². The van der Waals surface area contributed by atoms with E-state index < -0.39 is 0 Å². The van der Waals surface area contributed by atoms with Gasteiger partial charge in [0.1, 0.15) is 0 Å². The summed E-state index contributed by atoms with van der Waals surface area (Å²) >= 11 is 0. The zero-order valence-corrected chi connectivity index (χ0v) is 14.1. The highest BCUT2D eigenvalue weighted by atomic mass is 16.2. The highest BCUT2D eigenvalue weighted by Crippen LogP contribution is 2.15. The van der Waals surface area contributed by atoms with Crippen LogP contribution in [-0.2, 0) is 17.8 Å². The van der Waals surface area contributed by atoms with Gasteiger partial charge in [0.2, 0.25) is 5.91 Å². The highest BCUT2D eigenvalue weighted by Gasteiger charge is 2.32. The number of nitrogens with zero attached hydrogens (tertiary/aromatic N) is 1. The molecule has 1 saturated heterocycles. The van der Waals surface area contributed by atoms with Crippen LogP contribution in [0, 0.1) is 5.92 Å². The molecule has 0 saturated carbocycles. The number of nitrogens with one attached hydrogen (secondary N) is 2. The summed E-state index contributed by atoms with van der Waals surface area (Å²) in [6.07, 6.45) is 0.876. The van der Waals surface area contributed by atoms with Crippen LogP contribution in [0.4, 0.5) is 0 Å². The topological polar surface area (TPSA) is 44.4 Å². The third-order valence-corrected chi connectivity index (χ3v) is 4.61. The van der Waals surface area contributed by atoms with E-state index in [1.54, 1.807) is 0 Å². The van der Waals surface area contributed by atoms with Gasteiger partial charge in [-0.05, 0) is 24.5 Å². The standard InChI is InChI=1S/C20H25N3O/c1-16-19(14-21-22-16)20(24)23(15-18-10-6-3-7-11-18)13-12-17-8-4-2-5-9-17/h2-11,16,19,21-22H,12-15H2,1H3. The molecule has 2 atom stereocenters. The minimum absolute atomic E-state index is 0.00974. The maximum atomic E-state index is 13.0. The van der Waals surface area contributed by atoms with E-state index in [9.17, 15) is 4.79 Å². The Hall–Kier alpha value is -2.17. The Morgan fingerprint density at radius 2 is 1.67 bits per heavy atom. The molecule has 0 aliphatic carbocycles. The summed E-state index contributed by atoms with van der Waals surface area (Å²) in [6.45, 7) is 4.15. The van der Waals surface area contributed by atoms with Gasteiger partial charge in [0.05, 0.1) is 5.92 Å². The predicted molar refractivity (Wildman–Crippen MR) is 96.1 cm³/mol. The molecule has 4 heteroatoms. The first-order valence-corrected chi connectivity index (χ1v) is 8.59. The second-order valence-corrected chi connectivity index (χ2v) is 6.40. The summed E-state index contributed by atoms with van der Waals surface area (Å²) in [7, 11) is 0. The van der Waals surface area contributed by atoms with Crippen LogP contribution in [0.25, 0.3) is 0 Å². The molecule has 2 aromatic rings. The van der Waals surface area contributed by atoms with Gasteiger partial charge in [0.25, 0.3) is 0 Å². The summed E-state index contributed by atoms with van der Waals surface area (Å²) in [5, 5.41) is 0. The number of hydrogen-bond acceptors (Lipinski definition) is 3. The van der Waals surface area contributed by atoms with Crippen LogP contribution >= 0.6 is 0 Å². The third-order valence-electron chi connectivity index (χ3n) is 4.61. The van der Waals surface area contributed by atoms with Crippen LogP contribution in [0.2, 0.25) is 0 Å². The minimum Gasteiger partial charge on any atom is -0.338 e. The van der Waals surface area contributed by atoms with Gasteiger partial charge in [0.15, 0.2) is 0 Å². The van der Waals surface area contributed by atoms with Gasteiger partial charge in [-0.15, -0.1) is 0 Å². The molecule has 1 aliphatic rings. The van der Waals surface area contributed by atoms with Crippen LogP contribution in [-0.4, -0.2) is 29.9 Å². The number of hydrazine groups is 1. The second-order valence-electron chi connectivity index (χ2n) is 6.40. The number of carbonyl (C=O) groups is 1. The Bertz CT molecular complexity index is 644. The van der Waals surface area contributed by atoms with Crippen molar-refractivity contribution in [2.75, 3.05) is 13.1 Å². The van der Waals surface area contributed by atoms with Crippen molar-refractivity contribution >= 4 is 5.91 Å². The summed E-state index contributed by atoms with van der Waals surface area (Å²) in [5.74, 6) is 0.212. The van der Waals surface area contributed by atoms with E-state index in [0.717, 1.165) is 13.0 Å². The van der Waals surface area contributed by atoms with Crippen LogP contribution < -0.4 is 10.9 Å². The number of rotatable bonds is 6. The first kappa shape index (κ1) is 16.7. The van der Waals surface area contributed by atoms with Gasteiger partial charge in [-0.3, -0.25) is 15.6 Å². The molecule has 3 rings (SSSR count). The van der Waals surface area contributed by atoms with Crippen molar-refractivity contribution in [1.29, 1.82) is 0 Å². The van der Waals surface area contributed by atoms with Gasteiger partial charge >= 0.3 is 0 Å². The fraction of sp³-hybridized carbons (Fsp3) is 0.350. The fourth-order valence-corrected chi connectivity index (χ4v) is 3.12. The molecule has 2 unspecified atom stereocenters. The van der Waals surface area contributed by atoms with Crippen molar-refractivity contribution in [3.05, 3.63) is 71.8 Å². The molecule has 2 N–H and O–H groups in total. The van der Waals surface area contributed by atoms with Crippen molar-refractivity contribution in [3.8, 4) is 0 Å². The average molecular weight is 323 g/mol. The van der Waals surface area contributed by atoms with Crippen LogP contribution in [0.3, 0.4) is 0 Å². The molecule has 0 bridgehead atoms. The minimum atomic E-state index is -0.00974. The van der Waals surface area contributed by atoms with Crippen LogP contribution in [0.15, 0.2) is 60.7 Å². The Kier molecular flexibility index (Phi) is 5.62. The summed E-state index contributed by atoms with van der Waals surface area (Å²) in [6, 6.07) is 20.7. The Labute approximate surface area is 143 Å². The lowest BCUT2D eigenvalue weighted by atomic mass is 10.0. The van der Waals surface area contributed by atoms with Gasteiger partial charge in [-0.25, -0.2) is 0 Å². The van der Waals surface area contributed by atoms with Crippen LogP contribution in [0.1, 0.15) is 18.1 Å². The zero-order chi connectivity index (χ0) is 16.8. The summed E-state index contributed by atoms with van der Waals surface area (Å²) < 4.78 is 0. The monoisotopic (exact) mass is 323 g/mol. The number of benzene rings is 2. The maximum Gasteiger partial charge on any atom is 0.228 e. The molecule has 1 heterocycles. The van der Waals surface area contributed by atoms with E-state index in [-0.39, 0.29) is 17.9 Å². The number of carbonyl (C=O) groups excluding carboxylic acids is 1. The smallest absolute Gasteiger partial charge is 0.228 e. The molecule has 1 amide bonds. The molecule has 0 aromatic heterocycles. The van der Waals surface area contributed by atoms with Crippen molar-refractivity contribution in [2.45, 2.75) is 25.9 Å². The summed E-state index contributed by atoms with van der Waals surface area (Å²) in [5.41, 5.74) is 8.68.